The van der Waals surface area contributed by atoms with Crippen LogP contribution in [-0.2, 0) is 38.0 Å². The van der Waals surface area contributed by atoms with Gasteiger partial charge in [-0.2, -0.15) is 0 Å². The van der Waals surface area contributed by atoms with Crippen molar-refractivity contribution >= 4 is 5.97 Å². The molecule has 0 aromatic carbocycles. The fourth-order valence-corrected chi connectivity index (χ4v) is 1.27. The first-order valence-corrected chi connectivity index (χ1v) is 8.41. The van der Waals surface area contributed by atoms with Crippen molar-refractivity contribution in [3.8, 4) is 0 Å². The molecule has 0 spiro atoms. The maximum Gasteiger partial charge on any atom is 0.329 e. The average molecular weight is 382 g/mol. The summed E-state index contributed by atoms with van der Waals surface area (Å²) in [5.74, 6) is -0.394. The van der Waals surface area contributed by atoms with E-state index in [2.05, 4.69) is 11.3 Å². The van der Waals surface area contributed by atoms with Gasteiger partial charge in [0.15, 0.2) is 0 Å². The van der Waals surface area contributed by atoms with Crippen LogP contribution in [0.4, 0.5) is 0 Å². The van der Waals surface area contributed by atoms with E-state index in [1.807, 2.05) is 0 Å². The summed E-state index contributed by atoms with van der Waals surface area (Å²) >= 11 is 0. The highest BCUT2D eigenvalue weighted by molar-refractivity contribution is 5.80. The van der Waals surface area contributed by atoms with Gasteiger partial charge in [0.05, 0.1) is 86.4 Å². The summed E-state index contributed by atoms with van der Waals surface area (Å²) in [6.45, 7) is 9.05. The normalized spacial score (nSPS) is 10.1. The SMILES string of the molecule is C=CC(=O)OC.COCCOCCOCCOCCOCCOCCO. The van der Waals surface area contributed by atoms with Crippen LogP contribution in [0.5, 0.6) is 0 Å². The molecule has 9 nitrogen and oxygen atoms in total. The van der Waals surface area contributed by atoms with Crippen molar-refractivity contribution < 1.29 is 43.1 Å². The van der Waals surface area contributed by atoms with E-state index in [-0.39, 0.29) is 6.61 Å². The molecule has 0 unspecified atom stereocenters. The predicted octanol–water partition coefficient (Wildman–Crippen LogP) is 0.0535. The van der Waals surface area contributed by atoms with Crippen molar-refractivity contribution in [2.45, 2.75) is 0 Å². The molecule has 9 heteroatoms. The van der Waals surface area contributed by atoms with E-state index in [0.717, 1.165) is 6.08 Å². The second-order valence-corrected chi connectivity index (χ2v) is 4.51. The Kier molecular flexibility index (Phi) is 27.3. The van der Waals surface area contributed by atoms with Gasteiger partial charge in [-0.05, 0) is 0 Å². The van der Waals surface area contributed by atoms with Gasteiger partial charge in [0.2, 0.25) is 0 Å². The first kappa shape index (κ1) is 27.2. The largest absolute Gasteiger partial charge is 0.466 e. The Morgan fingerprint density at radius 2 is 1.08 bits per heavy atom. The van der Waals surface area contributed by atoms with E-state index >= 15 is 0 Å². The van der Waals surface area contributed by atoms with Gasteiger partial charge in [-0.3, -0.25) is 0 Å². The molecule has 0 heterocycles. The molecule has 0 aliphatic heterocycles. The van der Waals surface area contributed by atoms with Crippen molar-refractivity contribution in [3.63, 3.8) is 0 Å². The molecule has 0 atom stereocenters. The molecule has 0 aliphatic carbocycles. The lowest BCUT2D eigenvalue weighted by atomic mass is 10.7. The second-order valence-electron chi connectivity index (χ2n) is 4.51. The van der Waals surface area contributed by atoms with Crippen LogP contribution in [0.25, 0.3) is 0 Å². The van der Waals surface area contributed by atoms with Gasteiger partial charge in [0.25, 0.3) is 0 Å². The topological polar surface area (TPSA) is 102 Å². The number of hydrogen-bond acceptors (Lipinski definition) is 9. The minimum Gasteiger partial charge on any atom is -0.466 e. The van der Waals surface area contributed by atoms with Crippen LogP contribution >= 0.6 is 0 Å². The van der Waals surface area contributed by atoms with Crippen LogP contribution in [-0.4, -0.2) is 105 Å². The van der Waals surface area contributed by atoms with Crippen LogP contribution < -0.4 is 0 Å². The van der Waals surface area contributed by atoms with Crippen molar-refractivity contribution in [2.24, 2.45) is 0 Å². The van der Waals surface area contributed by atoms with Gasteiger partial charge < -0.3 is 38.3 Å². The zero-order chi connectivity index (χ0) is 19.7. The molecule has 0 saturated carbocycles. The number of carbonyl (C=O) groups is 1. The number of methoxy groups -OCH3 is 2. The quantitative estimate of drug-likeness (QED) is 0.200. The van der Waals surface area contributed by atoms with E-state index in [1.54, 1.807) is 7.11 Å². The van der Waals surface area contributed by atoms with Gasteiger partial charge in [-0.1, -0.05) is 6.58 Å². The van der Waals surface area contributed by atoms with Crippen LogP contribution in [0, 0.1) is 0 Å². The van der Waals surface area contributed by atoms with Crippen molar-refractivity contribution in [3.05, 3.63) is 12.7 Å². The maximum atomic E-state index is 9.84. The first-order valence-electron chi connectivity index (χ1n) is 8.41. The summed E-state index contributed by atoms with van der Waals surface area (Å²) in [6, 6.07) is 0. The Bertz CT molecular complexity index is 269. The fraction of sp³-hybridized carbons (Fsp3) is 0.824. The Morgan fingerprint density at radius 3 is 1.31 bits per heavy atom. The minimum absolute atomic E-state index is 0.0422. The molecule has 0 bridgehead atoms. The molecule has 0 aliphatic rings. The van der Waals surface area contributed by atoms with Crippen LogP contribution in [0.3, 0.4) is 0 Å². The van der Waals surface area contributed by atoms with Crippen LogP contribution in [0.1, 0.15) is 0 Å². The highest BCUT2D eigenvalue weighted by Crippen LogP contribution is 1.83. The number of aliphatic hydroxyl groups is 1. The smallest absolute Gasteiger partial charge is 0.329 e. The number of rotatable bonds is 18. The van der Waals surface area contributed by atoms with Gasteiger partial charge >= 0.3 is 5.97 Å². The third-order valence-electron chi connectivity index (χ3n) is 2.52. The summed E-state index contributed by atoms with van der Waals surface area (Å²) in [6.07, 6.45) is 1.11. The number of carbonyl (C=O) groups excluding carboxylic acids is 1. The van der Waals surface area contributed by atoms with Gasteiger partial charge in [0.1, 0.15) is 0 Å². The Balaban J connectivity index is 0. The molecule has 0 saturated heterocycles. The van der Waals surface area contributed by atoms with E-state index in [0.29, 0.717) is 72.7 Å². The highest BCUT2D eigenvalue weighted by Gasteiger charge is 1.93. The second kappa shape index (κ2) is 26.2. The Morgan fingerprint density at radius 1 is 0.731 bits per heavy atom. The lowest BCUT2D eigenvalue weighted by molar-refractivity contribution is -0.134. The summed E-state index contributed by atoms with van der Waals surface area (Å²) in [5, 5.41) is 8.47. The lowest BCUT2D eigenvalue weighted by Gasteiger charge is -2.07. The van der Waals surface area contributed by atoms with E-state index in [4.69, 9.17) is 33.5 Å². The number of hydrogen-bond donors (Lipinski definition) is 1. The molecule has 1 N–H and O–H groups in total. The van der Waals surface area contributed by atoms with Crippen LogP contribution in [0.2, 0.25) is 0 Å². The number of ether oxygens (including phenoxy) is 7. The van der Waals surface area contributed by atoms with Crippen LogP contribution in [0.15, 0.2) is 12.7 Å². The van der Waals surface area contributed by atoms with E-state index in [9.17, 15) is 4.79 Å². The van der Waals surface area contributed by atoms with Crippen molar-refractivity contribution in [1.29, 1.82) is 0 Å². The predicted molar refractivity (Wildman–Crippen MR) is 95.3 cm³/mol. The molecular formula is C17H34O9. The average Bonchev–Trinajstić information content (AvgIpc) is 2.67. The van der Waals surface area contributed by atoms with Gasteiger partial charge in [0, 0.05) is 13.2 Å². The first-order chi connectivity index (χ1) is 12.7. The third-order valence-corrected chi connectivity index (χ3v) is 2.52. The summed E-state index contributed by atoms with van der Waals surface area (Å²) in [7, 11) is 2.95. The fourth-order valence-electron chi connectivity index (χ4n) is 1.27. The standard InChI is InChI=1S/C13H28O7.C4H6O2/c1-15-4-5-17-8-9-19-12-13-20-11-10-18-7-6-16-3-2-14;1-3-4(5)6-2/h14H,2-13H2,1H3;3H,1H2,2H3. The molecule has 0 rings (SSSR count). The van der Waals surface area contributed by atoms with Crippen molar-refractivity contribution in [1.82, 2.24) is 0 Å². The Labute approximate surface area is 156 Å². The molecule has 0 aromatic rings. The molecule has 0 fully saturated rings. The molecular weight excluding hydrogens is 348 g/mol. The van der Waals surface area contributed by atoms with Crippen molar-refractivity contribution in [2.75, 3.05) is 93.5 Å². The third kappa shape index (κ3) is 27.8. The molecule has 156 valence electrons. The summed E-state index contributed by atoms with van der Waals surface area (Å²) in [5.41, 5.74) is 0. The summed E-state index contributed by atoms with van der Waals surface area (Å²) < 4.78 is 35.1. The van der Waals surface area contributed by atoms with E-state index in [1.165, 1.54) is 7.11 Å². The Hall–Kier alpha value is -1.07. The molecule has 0 amide bonds. The summed E-state index contributed by atoms with van der Waals surface area (Å²) in [4.78, 5) is 9.84. The zero-order valence-corrected chi connectivity index (χ0v) is 16.0. The van der Waals surface area contributed by atoms with Gasteiger partial charge in [-0.25, -0.2) is 4.79 Å². The number of esters is 1. The zero-order valence-electron chi connectivity index (χ0n) is 16.0. The molecule has 0 aromatic heterocycles. The highest BCUT2D eigenvalue weighted by atomic mass is 16.6. The molecule has 26 heavy (non-hydrogen) atoms. The monoisotopic (exact) mass is 382 g/mol. The minimum atomic E-state index is -0.394. The van der Waals surface area contributed by atoms with E-state index < -0.39 is 5.97 Å². The maximum absolute atomic E-state index is 9.84. The van der Waals surface area contributed by atoms with Gasteiger partial charge in [-0.15, -0.1) is 0 Å². The molecule has 0 radical (unpaired) electrons. The number of aliphatic hydroxyl groups excluding tert-OH is 1. The lowest BCUT2D eigenvalue weighted by Crippen LogP contribution is -2.14.